The predicted molar refractivity (Wildman–Crippen MR) is 194 cm³/mol. The first-order chi connectivity index (χ1) is 23.7. The maximum atomic E-state index is 13.3. The third kappa shape index (κ3) is 14.4. The lowest BCUT2D eigenvalue weighted by atomic mass is 9.94. The number of piperidine rings is 1. The number of aliphatic hydroxyl groups excluding tert-OH is 1. The number of carboxylic acids is 1. The number of likely N-dealkylation sites (N-methyl/N-ethyl adjacent to an activating group) is 1. The first-order valence-electron chi connectivity index (χ1n) is 17.9. The Balaban J connectivity index is 0.000000739. The molecule has 5 atom stereocenters. The van der Waals surface area contributed by atoms with Crippen LogP contribution in [0, 0.1) is 17.7 Å². The lowest BCUT2D eigenvalue weighted by molar-refractivity contribution is -0.137. The van der Waals surface area contributed by atoms with E-state index in [0.29, 0.717) is 30.8 Å². The van der Waals surface area contributed by atoms with E-state index in [9.17, 15) is 28.7 Å². The highest BCUT2D eigenvalue weighted by molar-refractivity contribution is 7.09. The van der Waals surface area contributed by atoms with Crippen molar-refractivity contribution in [1.82, 2.24) is 20.1 Å². The Hall–Kier alpha value is -3.42. The van der Waals surface area contributed by atoms with Crippen molar-refractivity contribution < 1.29 is 33.8 Å². The number of aliphatic hydroxyl groups is 1. The fourth-order valence-electron chi connectivity index (χ4n) is 6.03. The van der Waals surface area contributed by atoms with Crippen molar-refractivity contribution in [2.45, 2.75) is 123 Å². The summed E-state index contributed by atoms with van der Waals surface area (Å²) in [5.41, 5.74) is 6.08. The molecule has 1 saturated heterocycles. The van der Waals surface area contributed by atoms with E-state index < -0.39 is 24.0 Å². The number of carbonyl (C=O) groups is 4. The van der Waals surface area contributed by atoms with E-state index in [4.69, 9.17) is 10.8 Å². The van der Waals surface area contributed by atoms with Crippen LogP contribution in [0.25, 0.3) is 0 Å². The normalized spacial score (nSPS) is 17.2. The van der Waals surface area contributed by atoms with Gasteiger partial charge in [0.1, 0.15) is 22.6 Å². The fourth-order valence-corrected chi connectivity index (χ4v) is 6.83. The molecule has 1 aliphatic rings. The zero-order valence-corrected chi connectivity index (χ0v) is 31.4. The zero-order valence-electron chi connectivity index (χ0n) is 30.6. The molecule has 2 heterocycles. The van der Waals surface area contributed by atoms with Gasteiger partial charge in [-0.3, -0.25) is 24.1 Å². The molecule has 0 bridgehead atoms. The van der Waals surface area contributed by atoms with Gasteiger partial charge in [-0.15, -0.1) is 11.3 Å². The molecule has 11 nitrogen and oxygen atoms in total. The van der Waals surface area contributed by atoms with E-state index in [2.05, 4.69) is 24.1 Å². The maximum Gasteiger partial charge on any atom is 0.303 e. The smallest absolute Gasteiger partial charge is 0.303 e. The molecule has 0 aliphatic carbocycles. The predicted octanol–water partition coefficient (Wildman–Crippen LogP) is 5.57. The third-order valence-electron chi connectivity index (χ3n) is 9.22. The molecule has 5 N–H and O–H groups in total. The first kappa shape index (κ1) is 42.7. The molecule has 3 unspecified atom stereocenters. The minimum atomic E-state index is -0.975. The van der Waals surface area contributed by atoms with Crippen LogP contribution in [0.1, 0.15) is 120 Å². The molecule has 50 heavy (non-hydrogen) atoms. The van der Waals surface area contributed by atoms with Crippen molar-refractivity contribution in [3.8, 4) is 0 Å². The quantitative estimate of drug-likeness (QED) is 0.155. The van der Waals surface area contributed by atoms with E-state index in [1.165, 1.54) is 29.9 Å². The number of halogens is 1. The standard InChI is InChI=1S/C30H44FN3O5S.C7H14N2O/c1-6-14-34(27(36)15-20(5)7-2)25(19(3)4)17-26(35)30-33-24(18-40-30)29(39)32-23(12-13-28(37)38)16-21-8-10-22(31)11-9-21;1-9-5-3-2-4-6(9)7(8)10/h8-11,18-20,23,25-26,35H,6-7,12-17H2,1-5H3,(H,32,39)(H,37,38);6H,2-5H2,1H3,(H2,8,10)/t20-,23?,25?,26?;6-/m01/s1. The Morgan fingerprint density at radius 3 is 2.36 bits per heavy atom. The summed E-state index contributed by atoms with van der Waals surface area (Å²) in [6.45, 7) is 11.9. The Bertz CT molecular complexity index is 1360. The lowest BCUT2D eigenvalue weighted by Gasteiger charge is -2.36. The summed E-state index contributed by atoms with van der Waals surface area (Å²) in [4.78, 5) is 56.3. The largest absolute Gasteiger partial charge is 0.481 e. The van der Waals surface area contributed by atoms with E-state index in [-0.39, 0.29) is 60.1 Å². The van der Waals surface area contributed by atoms with Crippen LogP contribution in [-0.4, -0.2) is 87.0 Å². The number of benzene rings is 1. The Morgan fingerprint density at radius 2 is 1.82 bits per heavy atom. The molecule has 280 valence electrons. The van der Waals surface area contributed by atoms with Crippen molar-refractivity contribution in [2.24, 2.45) is 17.6 Å². The molecule has 3 rings (SSSR count). The van der Waals surface area contributed by atoms with Crippen LogP contribution in [0.4, 0.5) is 4.39 Å². The number of nitrogens with two attached hydrogens (primary N) is 1. The molecule has 13 heteroatoms. The molecule has 0 spiro atoms. The average molecular weight is 720 g/mol. The minimum Gasteiger partial charge on any atom is -0.481 e. The summed E-state index contributed by atoms with van der Waals surface area (Å²) in [7, 11) is 1.95. The van der Waals surface area contributed by atoms with Gasteiger partial charge in [0.05, 0.1) is 6.04 Å². The number of nitrogens with zero attached hydrogens (tertiary/aromatic N) is 3. The fraction of sp³-hybridized carbons (Fsp3) is 0.649. The number of likely N-dealkylation sites (tertiary alicyclic amines) is 1. The number of hydrogen-bond donors (Lipinski definition) is 4. The summed E-state index contributed by atoms with van der Waals surface area (Å²) >= 11 is 1.18. The zero-order chi connectivity index (χ0) is 37.4. The second-order valence-corrected chi connectivity index (χ2v) is 14.7. The molecule has 0 saturated carbocycles. The maximum absolute atomic E-state index is 13.3. The number of aliphatic carboxylic acids is 1. The molecular formula is C37H58FN5O6S. The van der Waals surface area contributed by atoms with Crippen LogP contribution < -0.4 is 11.1 Å². The highest BCUT2D eigenvalue weighted by Crippen LogP contribution is 2.28. The van der Waals surface area contributed by atoms with Crippen LogP contribution in [-0.2, 0) is 20.8 Å². The van der Waals surface area contributed by atoms with Crippen LogP contribution >= 0.6 is 11.3 Å². The van der Waals surface area contributed by atoms with Crippen molar-refractivity contribution in [1.29, 1.82) is 0 Å². The Morgan fingerprint density at radius 1 is 1.14 bits per heavy atom. The summed E-state index contributed by atoms with van der Waals surface area (Å²) in [6.07, 6.45) is 5.25. The van der Waals surface area contributed by atoms with Crippen LogP contribution in [0.2, 0.25) is 0 Å². The monoisotopic (exact) mass is 719 g/mol. The molecular weight excluding hydrogens is 662 g/mol. The number of amides is 3. The summed E-state index contributed by atoms with van der Waals surface area (Å²) in [5, 5.41) is 25.0. The molecule has 1 aromatic heterocycles. The molecule has 1 aliphatic heterocycles. The third-order valence-corrected chi connectivity index (χ3v) is 10.2. The van der Waals surface area contributed by atoms with Crippen molar-refractivity contribution >= 4 is 35.0 Å². The van der Waals surface area contributed by atoms with Gasteiger partial charge < -0.3 is 26.2 Å². The van der Waals surface area contributed by atoms with Gasteiger partial charge >= 0.3 is 5.97 Å². The number of nitrogens with one attached hydrogen (secondary N) is 1. The number of aromatic nitrogens is 1. The van der Waals surface area contributed by atoms with Crippen LogP contribution in [0.15, 0.2) is 29.6 Å². The number of carboxylic acid groups (broad SMARTS) is 1. The number of rotatable bonds is 18. The Labute approximate surface area is 300 Å². The van der Waals surface area contributed by atoms with Gasteiger partial charge in [0, 0.05) is 43.3 Å². The van der Waals surface area contributed by atoms with Gasteiger partial charge in [0.25, 0.3) is 5.91 Å². The summed E-state index contributed by atoms with van der Waals surface area (Å²) in [5.74, 6) is -1.50. The van der Waals surface area contributed by atoms with Gasteiger partial charge in [-0.2, -0.15) is 0 Å². The highest BCUT2D eigenvalue weighted by Gasteiger charge is 2.30. The molecule has 0 radical (unpaired) electrons. The SMILES string of the molecule is CCCN(C(=O)C[C@@H](C)CC)C(CC(O)c1nc(C(=O)NC(CCC(=O)O)Cc2ccc(F)cc2)cs1)C(C)C.CN1CCCC[C@@H]1C(N)=O. The summed E-state index contributed by atoms with van der Waals surface area (Å²) in [6, 6.07) is 5.18. The molecule has 2 aromatic rings. The van der Waals surface area contributed by atoms with Gasteiger partial charge in [-0.25, -0.2) is 9.37 Å². The number of carbonyl (C=O) groups excluding carboxylic acids is 3. The van der Waals surface area contributed by atoms with Crippen molar-refractivity contribution in [3.05, 3.63) is 51.7 Å². The first-order valence-corrected chi connectivity index (χ1v) is 18.7. The highest BCUT2D eigenvalue weighted by atomic mass is 32.1. The molecule has 3 amide bonds. The van der Waals surface area contributed by atoms with Gasteiger partial charge in [-0.1, -0.05) is 59.6 Å². The average Bonchev–Trinajstić information content (AvgIpc) is 3.57. The topological polar surface area (TPSA) is 166 Å². The van der Waals surface area contributed by atoms with Gasteiger partial charge in [-0.05, 0) is 75.2 Å². The van der Waals surface area contributed by atoms with Crippen molar-refractivity contribution in [3.63, 3.8) is 0 Å². The van der Waals surface area contributed by atoms with Gasteiger partial charge in [0.2, 0.25) is 11.8 Å². The van der Waals surface area contributed by atoms with E-state index >= 15 is 0 Å². The number of hydrogen-bond acceptors (Lipinski definition) is 8. The Kier molecular flexibility index (Phi) is 18.6. The lowest BCUT2D eigenvalue weighted by Crippen LogP contribution is -2.45. The van der Waals surface area contributed by atoms with Crippen LogP contribution in [0.5, 0.6) is 0 Å². The van der Waals surface area contributed by atoms with Crippen LogP contribution in [0.3, 0.4) is 0 Å². The summed E-state index contributed by atoms with van der Waals surface area (Å²) < 4.78 is 13.3. The van der Waals surface area contributed by atoms with E-state index in [0.717, 1.165) is 37.8 Å². The second-order valence-electron chi connectivity index (χ2n) is 13.8. The van der Waals surface area contributed by atoms with Gasteiger partial charge in [0.15, 0.2) is 0 Å². The minimum absolute atomic E-state index is 0.00579. The second kappa shape index (κ2) is 21.7. The van der Waals surface area contributed by atoms with E-state index in [1.807, 2.05) is 37.6 Å². The number of thiazole rings is 1. The van der Waals surface area contributed by atoms with E-state index in [1.54, 1.807) is 17.5 Å². The van der Waals surface area contributed by atoms with Crippen molar-refractivity contribution in [2.75, 3.05) is 20.1 Å². The molecule has 1 aromatic carbocycles. The number of primary amides is 1. The molecule has 1 fully saturated rings.